The molecule has 0 fully saturated rings. The van der Waals surface area contributed by atoms with Crippen LogP contribution in [0.4, 0.5) is 5.69 Å². The van der Waals surface area contributed by atoms with Crippen molar-refractivity contribution in [1.29, 1.82) is 0 Å². The van der Waals surface area contributed by atoms with Crippen LogP contribution in [0.25, 0.3) is 0 Å². The summed E-state index contributed by atoms with van der Waals surface area (Å²) in [7, 11) is 0. The number of hydrogen-bond acceptors (Lipinski definition) is 6. The highest BCUT2D eigenvalue weighted by Crippen LogP contribution is 2.25. The minimum atomic E-state index is -0.784. The topological polar surface area (TPSA) is 112 Å². The molecule has 9 nitrogen and oxygen atoms in total. The van der Waals surface area contributed by atoms with Gasteiger partial charge in [0.2, 0.25) is 0 Å². The van der Waals surface area contributed by atoms with Crippen LogP contribution in [-0.4, -0.2) is 26.8 Å². The van der Waals surface area contributed by atoms with E-state index in [4.69, 9.17) is 27.9 Å². The second-order valence-corrected chi connectivity index (χ2v) is 8.07. The Hall–Kier alpha value is -3.43. The quantitative estimate of drug-likeness (QED) is 0.271. The van der Waals surface area contributed by atoms with E-state index in [0.29, 0.717) is 27.1 Å². The SMILES string of the molecule is Cc1nn(C(C)C(=O)N/N=C/c2cccc(OCc3ccc(Cl)cc3Cl)c2)c(C)c1[N+](=O)[O-]. The second-order valence-electron chi connectivity index (χ2n) is 7.23. The van der Waals surface area contributed by atoms with Crippen molar-refractivity contribution >= 4 is 41.0 Å². The molecule has 1 unspecified atom stereocenters. The van der Waals surface area contributed by atoms with Gasteiger partial charge in [-0.2, -0.15) is 10.2 Å². The van der Waals surface area contributed by atoms with Crippen LogP contribution in [-0.2, 0) is 11.4 Å². The van der Waals surface area contributed by atoms with Gasteiger partial charge in [0, 0.05) is 15.6 Å². The van der Waals surface area contributed by atoms with E-state index in [9.17, 15) is 14.9 Å². The van der Waals surface area contributed by atoms with Crippen molar-refractivity contribution < 1.29 is 14.5 Å². The smallest absolute Gasteiger partial charge is 0.312 e. The molecule has 1 atom stereocenters. The molecule has 0 bridgehead atoms. The van der Waals surface area contributed by atoms with Gasteiger partial charge < -0.3 is 4.74 Å². The third-order valence-corrected chi connectivity index (χ3v) is 5.46. The molecule has 0 aliphatic rings. The Labute approximate surface area is 200 Å². The summed E-state index contributed by atoms with van der Waals surface area (Å²) in [5.41, 5.74) is 4.38. The van der Waals surface area contributed by atoms with Crippen molar-refractivity contribution in [2.75, 3.05) is 0 Å². The standard InChI is InChI=1S/C22H21Cl2N5O4/c1-13-21(29(31)32)14(2)28(27-13)15(3)22(30)26-25-11-16-5-4-6-19(9-16)33-12-17-7-8-18(23)10-20(17)24/h4-11,15H,12H2,1-3H3,(H,26,30)/b25-11+. The molecule has 1 heterocycles. The highest BCUT2D eigenvalue weighted by atomic mass is 35.5. The Morgan fingerprint density at radius 1 is 1.30 bits per heavy atom. The third-order valence-electron chi connectivity index (χ3n) is 4.87. The van der Waals surface area contributed by atoms with E-state index in [1.165, 1.54) is 17.8 Å². The van der Waals surface area contributed by atoms with Crippen molar-refractivity contribution in [3.8, 4) is 5.75 Å². The lowest BCUT2D eigenvalue weighted by Crippen LogP contribution is -2.28. The molecular formula is C22H21Cl2N5O4. The summed E-state index contributed by atoms with van der Waals surface area (Å²) in [6, 6.07) is 11.5. The summed E-state index contributed by atoms with van der Waals surface area (Å²) in [4.78, 5) is 23.1. The lowest BCUT2D eigenvalue weighted by atomic mass is 10.2. The highest BCUT2D eigenvalue weighted by Gasteiger charge is 2.26. The van der Waals surface area contributed by atoms with E-state index < -0.39 is 16.9 Å². The first kappa shape index (κ1) is 24.2. The van der Waals surface area contributed by atoms with Crippen LogP contribution in [0.1, 0.15) is 35.5 Å². The Morgan fingerprint density at radius 2 is 2.06 bits per heavy atom. The summed E-state index contributed by atoms with van der Waals surface area (Å²) >= 11 is 12.1. The molecule has 0 aliphatic carbocycles. The summed E-state index contributed by atoms with van der Waals surface area (Å²) < 4.78 is 7.09. The highest BCUT2D eigenvalue weighted by molar-refractivity contribution is 6.35. The third kappa shape index (κ3) is 5.88. The lowest BCUT2D eigenvalue weighted by molar-refractivity contribution is -0.386. The fraction of sp³-hybridized carbons (Fsp3) is 0.227. The number of ether oxygens (including phenoxy) is 1. The van der Waals surface area contributed by atoms with Crippen molar-refractivity contribution in [2.24, 2.45) is 5.10 Å². The number of aryl methyl sites for hydroxylation is 1. The normalized spacial score (nSPS) is 12.0. The maximum atomic E-state index is 12.5. The molecule has 1 aromatic heterocycles. The van der Waals surface area contributed by atoms with Gasteiger partial charge in [0.25, 0.3) is 5.91 Å². The summed E-state index contributed by atoms with van der Waals surface area (Å²) in [5, 5.41) is 20.3. The largest absolute Gasteiger partial charge is 0.489 e. The van der Waals surface area contributed by atoms with Gasteiger partial charge in [-0.25, -0.2) is 5.43 Å². The molecule has 0 saturated carbocycles. The summed E-state index contributed by atoms with van der Waals surface area (Å²) in [5.74, 6) is 0.135. The number of amides is 1. The van der Waals surface area contributed by atoms with Crippen LogP contribution in [0.2, 0.25) is 10.0 Å². The Kier molecular flexibility index (Phi) is 7.67. The van der Waals surface area contributed by atoms with Crippen LogP contribution in [0.5, 0.6) is 5.75 Å². The first-order valence-corrected chi connectivity index (χ1v) is 10.6. The molecule has 3 aromatic rings. The number of nitrogens with zero attached hydrogens (tertiary/aromatic N) is 4. The molecule has 1 amide bonds. The number of nitro groups is 1. The number of benzene rings is 2. The number of carbonyl (C=O) groups is 1. The van der Waals surface area contributed by atoms with Gasteiger partial charge in [0.15, 0.2) is 0 Å². The van der Waals surface area contributed by atoms with E-state index in [1.807, 2.05) is 0 Å². The van der Waals surface area contributed by atoms with E-state index in [0.717, 1.165) is 5.56 Å². The van der Waals surface area contributed by atoms with Gasteiger partial charge in [0.05, 0.1) is 11.1 Å². The van der Waals surface area contributed by atoms with Gasteiger partial charge >= 0.3 is 5.69 Å². The first-order chi connectivity index (χ1) is 15.7. The molecule has 11 heteroatoms. The number of carbonyl (C=O) groups excluding carboxylic acids is 1. The van der Waals surface area contributed by atoms with Crippen molar-refractivity contribution in [3.05, 3.63) is 85.1 Å². The van der Waals surface area contributed by atoms with E-state index in [-0.39, 0.29) is 18.0 Å². The maximum absolute atomic E-state index is 12.5. The van der Waals surface area contributed by atoms with Crippen molar-refractivity contribution in [2.45, 2.75) is 33.4 Å². The van der Waals surface area contributed by atoms with Gasteiger partial charge in [-0.05, 0) is 50.6 Å². The van der Waals surface area contributed by atoms with Crippen LogP contribution < -0.4 is 10.2 Å². The van der Waals surface area contributed by atoms with Crippen LogP contribution in [0, 0.1) is 24.0 Å². The predicted molar refractivity (Wildman–Crippen MR) is 126 cm³/mol. The average molecular weight is 490 g/mol. The van der Waals surface area contributed by atoms with Gasteiger partial charge in [-0.1, -0.05) is 41.4 Å². The number of aromatic nitrogens is 2. The maximum Gasteiger partial charge on any atom is 0.312 e. The minimum absolute atomic E-state index is 0.102. The summed E-state index contributed by atoms with van der Waals surface area (Å²) in [6.07, 6.45) is 1.47. The van der Waals surface area contributed by atoms with Crippen LogP contribution >= 0.6 is 23.2 Å². The van der Waals surface area contributed by atoms with Gasteiger partial charge in [-0.3, -0.25) is 19.6 Å². The number of nitrogens with one attached hydrogen (secondary N) is 1. The molecule has 1 N–H and O–H groups in total. The first-order valence-electron chi connectivity index (χ1n) is 9.87. The van der Waals surface area contributed by atoms with E-state index >= 15 is 0 Å². The van der Waals surface area contributed by atoms with Crippen LogP contribution in [0.3, 0.4) is 0 Å². The number of hydrazone groups is 1. The fourth-order valence-corrected chi connectivity index (χ4v) is 3.62. The zero-order chi connectivity index (χ0) is 24.1. The molecule has 0 saturated heterocycles. The Balaban J connectivity index is 1.61. The number of halogens is 2. The molecule has 3 rings (SSSR count). The zero-order valence-electron chi connectivity index (χ0n) is 18.1. The van der Waals surface area contributed by atoms with Crippen LogP contribution in [0.15, 0.2) is 47.6 Å². The Morgan fingerprint density at radius 3 is 2.73 bits per heavy atom. The Bertz CT molecular complexity index is 1230. The number of rotatable bonds is 8. The fourth-order valence-electron chi connectivity index (χ4n) is 3.15. The molecule has 2 aromatic carbocycles. The summed E-state index contributed by atoms with van der Waals surface area (Å²) in [6.45, 7) is 4.93. The molecule has 33 heavy (non-hydrogen) atoms. The van der Waals surface area contributed by atoms with Gasteiger partial charge in [0.1, 0.15) is 29.8 Å². The van der Waals surface area contributed by atoms with Crippen molar-refractivity contribution in [1.82, 2.24) is 15.2 Å². The van der Waals surface area contributed by atoms with E-state index in [1.54, 1.807) is 56.3 Å². The minimum Gasteiger partial charge on any atom is -0.489 e. The molecule has 0 spiro atoms. The monoisotopic (exact) mass is 489 g/mol. The molecule has 0 radical (unpaired) electrons. The molecular weight excluding hydrogens is 469 g/mol. The predicted octanol–water partition coefficient (Wildman–Crippen LogP) is 5.01. The lowest BCUT2D eigenvalue weighted by Gasteiger charge is -2.11. The van der Waals surface area contributed by atoms with E-state index in [2.05, 4.69) is 15.6 Å². The second kappa shape index (κ2) is 10.5. The molecule has 0 aliphatic heterocycles. The van der Waals surface area contributed by atoms with Gasteiger partial charge in [-0.15, -0.1) is 0 Å². The number of hydrogen-bond donors (Lipinski definition) is 1. The van der Waals surface area contributed by atoms with Crippen molar-refractivity contribution in [3.63, 3.8) is 0 Å². The zero-order valence-corrected chi connectivity index (χ0v) is 19.6. The average Bonchev–Trinajstić information content (AvgIpc) is 3.06. The molecule has 172 valence electrons.